The molecule has 1 fully saturated rings. The summed E-state index contributed by atoms with van der Waals surface area (Å²) in [5.74, 6) is -0.254. The fourth-order valence-electron chi connectivity index (χ4n) is 4.54. The lowest BCUT2D eigenvalue weighted by molar-refractivity contribution is 0.176. The highest BCUT2D eigenvalue weighted by atomic mass is 32.1. The smallest absolute Gasteiger partial charge is 0.166 e. The molecule has 2 aromatic heterocycles. The molecule has 162 valence electrons. The Morgan fingerprint density at radius 2 is 1.56 bits per heavy atom. The monoisotopic (exact) mass is 444 g/mol. The first-order valence-electron chi connectivity index (χ1n) is 10.9. The van der Waals surface area contributed by atoms with Crippen molar-refractivity contribution in [3.8, 4) is 22.5 Å². The second kappa shape index (κ2) is 9.27. The molecular weight excluding hydrogens is 419 g/mol. The second-order valence-corrected chi connectivity index (χ2v) is 8.61. The molecule has 0 N–H and O–H groups in total. The van der Waals surface area contributed by atoms with Gasteiger partial charge in [0, 0.05) is 49.2 Å². The molecule has 0 unspecified atom stereocenters. The van der Waals surface area contributed by atoms with E-state index in [0.29, 0.717) is 11.2 Å². The predicted molar refractivity (Wildman–Crippen MR) is 128 cm³/mol. The zero-order valence-corrected chi connectivity index (χ0v) is 18.6. The summed E-state index contributed by atoms with van der Waals surface area (Å²) in [5, 5.41) is 0.692. The number of thiol groups is 1. The van der Waals surface area contributed by atoms with Gasteiger partial charge in [-0.05, 0) is 54.8 Å². The number of aromatic nitrogens is 3. The predicted octanol–water partition coefficient (Wildman–Crippen LogP) is 5.88. The molecule has 1 aliphatic heterocycles. The summed E-state index contributed by atoms with van der Waals surface area (Å²) in [6, 6.07) is 21.4. The number of likely N-dealkylation sites (tertiary alicyclic amines) is 1. The Kier molecular flexibility index (Phi) is 6.06. The van der Waals surface area contributed by atoms with E-state index in [9.17, 15) is 4.39 Å². The fourth-order valence-corrected chi connectivity index (χ4v) is 4.90. The molecule has 0 bridgehead atoms. The number of piperidine rings is 1. The van der Waals surface area contributed by atoms with Crippen molar-refractivity contribution in [3.05, 3.63) is 90.5 Å². The normalized spacial score (nSPS) is 15.2. The maximum Gasteiger partial charge on any atom is 0.166 e. The minimum absolute atomic E-state index is 0.254. The highest BCUT2D eigenvalue weighted by molar-refractivity contribution is 7.80. The molecule has 5 rings (SSSR count). The van der Waals surface area contributed by atoms with E-state index in [2.05, 4.69) is 44.8 Å². The Labute approximate surface area is 193 Å². The Balaban J connectivity index is 1.46. The van der Waals surface area contributed by atoms with Crippen LogP contribution in [0.1, 0.15) is 24.4 Å². The van der Waals surface area contributed by atoms with Crippen molar-refractivity contribution < 1.29 is 4.39 Å². The van der Waals surface area contributed by atoms with Crippen molar-refractivity contribution in [1.29, 1.82) is 0 Å². The van der Waals surface area contributed by atoms with E-state index < -0.39 is 0 Å². The molecule has 0 spiro atoms. The van der Waals surface area contributed by atoms with E-state index in [1.54, 1.807) is 24.5 Å². The summed E-state index contributed by atoms with van der Waals surface area (Å²) >= 11 is 4.77. The van der Waals surface area contributed by atoms with E-state index in [-0.39, 0.29) is 5.82 Å². The third kappa shape index (κ3) is 4.33. The zero-order valence-electron chi connectivity index (χ0n) is 17.7. The van der Waals surface area contributed by atoms with Gasteiger partial charge in [-0.3, -0.25) is 9.88 Å². The van der Waals surface area contributed by atoms with Crippen molar-refractivity contribution in [3.63, 3.8) is 0 Å². The summed E-state index contributed by atoms with van der Waals surface area (Å²) in [4.78, 5) is 11.5. The number of nitrogens with zero attached hydrogens (tertiary/aromatic N) is 4. The van der Waals surface area contributed by atoms with Gasteiger partial charge in [-0.25, -0.2) is 9.37 Å². The van der Waals surface area contributed by atoms with Crippen LogP contribution in [0.25, 0.3) is 22.5 Å². The van der Waals surface area contributed by atoms with Gasteiger partial charge < -0.3 is 4.57 Å². The quantitative estimate of drug-likeness (QED) is 0.391. The molecule has 4 nitrogen and oxygen atoms in total. The van der Waals surface area contributed by atoms with Gasteiger partial charge >= 0.3 is 0 Å². The fraction of sp³-hybridized carbons (Fsp3) is 0.231. The van der Waals surface area contributed by atoms with Crippen LogP contribution < -0.4 is 0 Å². The molecule has 0 aliphatic carbocycles. The Morgan fingerprint density at radius 3 is 2.25 bits per heavy atom. The summed E-state index contributed by atoms with van der Waals surface area (Å²) in [5.41, 5.74) is 5.12. The van der Waals surface area contributed by atoms with Crippen molar-refractivity contribution >= 4 is 12.6 Å². The SMILES string of the molecule is Fc1ccc(-c2nc(S)n(C3CCN(Cc4ccccc4)CC3)c2-c2ccncc2)cc1. The maximum absolute atomic E-state index is 13.5. The molecule has 0 atom stereocenters. The molecule has 1 aliphatic rings. The minimum Gasteiger partial charge on any atom is -0.315 e. The highest BCUT2D eigenvalue weighted by Crippen LogP contribution is 2.38. The van der Waals surface area contributed by atoms with Gasteiger partial charge in [-0.1, -0.05) is 30.3 Å². The first-order valence-corrected chi connectivity index (χ1v) is 11.4. The van der Waals surface area contributed by atoms with Crippen molar-refractivity contribution in [2.45, 2.75) is 30.6 Å². The lowest BCUT2D eigenvalue weighted by Gasteiger charge is -2.34. The van der Waals surface area contributed by atoms with Crippen LogP contribution in [-0.4, -0.2) is 32.5 Å². The van der Waals surface area contributed by atoms with E-state index in [4.69, 9.17) is 17.6 Å². The average molecular weight is 445 g/mol. The van der Waals surface area contributed by atoms with Gasteiger partial charge in [-0.15, -0.1) is 12.6 Å². The van der Waals surface area contributed by atoms with Crippen LogP contribution in [0, 0.1) is 5.82 Å². The van der Waals surface area contributed by atoms with Crippen molar-refractivity contribution in [1.82, 2.24) is 19.4 Å². The number of hydrogen-bond acceptors (Lipinski definition) is 4. The van der Waals surface area contributed by atoms with Gasteiger partial charge in [-0.2, -0.15) is 0 Å². The Bertz CT molecular complexity index is 1170. The van der Waals surface area contributed by atoms with Gasteiger partial charge in [0.05, 0.1) is 11.4 Å². The summed E-state index contributed by atoms with van der Waals surface area (Å²) in [6.45, 7) is 3.02. The lowest BCUT2D eigenvalue weighted by atomic mass is 10.0. The summed E-state index contributed by atoms with van der Waals surface area (Å²) in [6.07, 6.45) is 5.64. The van der Waals surface area contributed by atoms with E-state index >= 15 is 0 Å². The number of imidazole rings is 1. The zero-order chi connectivity index (χ0) is 21.9. The molecule has 32 heavy (non-hydrogen) atoms. The van der Waals surface area contributed by atoms with Gasteiger partial charge in [0.1, 0.15) is 5.82 Å². The standard InChI is InChI=1S/C26H25FN4S/c27-22-8-6-20(7-9-22)24-25(21-10-14-28-15-11-21)31(26(32)29-24)23-12-16-30(17-13-23)18-19-4-2-1-3-5-19/h1-11,14-15,23H,12-13,16-18H2,(H,29,32). The molecule has 3 heterocycles. The lowest BCUT2D eigenvalue weighted by Crippen LogP contribution is -2.34. The van der Waals surface area contributed by atoms with E-state index in [1.807, 2.05) is 12.1 Å². The number of pyridine rings is 1. The molecule has 2 aromatic carbocycles. The summed E-state index contributed by atoms with van der Waals surface area (Å²) in [7, 11) is 0. The van der Waals surface area contributed by atoms with Crippen molar-refractivity contribution in [2.24, 2.45) is 0 Å². The van der Waals surface area contributed by atoms with E-state index in [0.717, 1.165) is 55.0 Å². The average Bonchev–Trinajstić information content (AvgIpc) is 3.18. The molecule has 6 heteroatoms. The number of benzene rings is 2. The topological polar surface area (TPSA) is 34.0 Å². The third-order valence-corrected chi connectivity index (χ3v) is 6.45. The number of rotatable bonds is 5. The first-order chi connectivity index (χ1) is 15.7. The maximum atomic E-state index is 13.5. The van der Waals surface area contributed by atoms with Crippen LogP contribution >= 0.6 is 12.6 Å². The van der Waals surface area contributed by atoms with Gasteiger partial charge in [0.25, 0.3) is 0 Å². The number of hydrogen-bond donors (Lipinski definition) is 1. The molecule has 0 saturated carbocycles. The minimum atomic E-state index is -0.254. The third-order valence-electron chi connectivity index (χ3n) is 6.14. The van der Waals surface area contributed by atoms with Crippen LogP contribution in [0.3, 0.4) is 0 Å². The van der Waals surface area contributed by atoms with Gasteiger partial charge in [0.2, 0.25) is 0 Å². The molecule has 4 aromatic rings. The molecule has 0 radical (unpaired) electrons. The molecule has 1 saturated heterocycles. The Morgan fingerprint density at radius 1 is 0.875 bits per heavy atom. The highest BCUT2D eigenvalue weighted by Gasteiger charge is 2.27. The molecular formula is C26H25FN4S. The van der Waals surface area contributed by atoms with Crippen LogP contribution in [0.2, 0.25) is 0 Å². The van der Waals surface area contributed by atoms with Crippen LogP contribution in [0.5, 0.6) is 0 Å². The second-order valence-electron chi connectivity index (χ2n) is 8.21. The van der Waals surface area contributed by atoms with Crippen molar-refractivity contribution in [2.75, 3.05) is 13.1 Å². The van der Waals surface area contributed by atoms with Crippen LogP contribution in [0.4, 0.5) is 4.39 Å². The van der Waals surface area contributed by atoms with Crippen LogP contribution in [-0.2, 0) is 6.54 Å². The largest absolute Gasteiger partial charge is 0.315 e. The number of halogens is 1. The molecule has 0 amide bonds. The summed E-state index contributed by atoms with van der Waals surface area (Å²) < 4.78 is 15.8. The first kappa shape index (κ1) is 20.9. The van der Waals surface area contributed by atoms with E-state index in [1.165, 1.54) is 17.7 Å². The van der Waals surface area contributed by atoms with Crippen LogP contribution in [0.15, 0.2) is 84.3 Å². The Hall–Kier alpha value is -2.96. The van der Waals surface area contributed by atoms with Gasteiger partial charge in [0.15, 0.2) is 5.16 Å².